The number of allylic oxidation sites excluding steroid dienone is 4. The van der Waals surface area contributed by atoms with E-state index in [9.17, 15) is 14.7 Å². The number of ether oxygens (including phenoxy) is 1. The molecule has 1 aliphatic rings. The number of nitrogens with zero attached hydrogens (tertiary/aromatic N) is 2. The largest absolute Gasteiger partial charge is 0.493 e. The number of oxazole rings is 1. The summed E-state index contributed by atoms with van der Waals surface area (Å²) in [6.07, 6.45) is 14.4. The number of carboxylic acids is 1. The van der Waals surface area contributed by atoms with Crippen molar-refractivity contribution in [2.24, 2.45) is 17.6 Å². The molecule has 3 rings (SSSR count). The van der Waals surface area contributed by atoms with Crippen molar-refractivity contribution < 1.29 is 23.8 Å². The molecule has 0 spiro atoms. The highest BCUT2D eigenvalue weighted by Crippen LogP contribution is 2.41. The number of benzene rings is 1. The Morgan fingerprint density at radius 2 is 2.08 bits per heavy atom. The summed E-state index contributed by atoms with van der Waals surface area (Å²) in [6, 6.07) is 4.93. The zero-order valence-corrected chi connectivity index (χ0v) is 23.6. The van der Waals surface area contributed by atoms with Crippen molar-refractivity contribution in [3.8, 4) is 5.75 Å². The van der Waals surface area contributed by atoms with E-state index in [2.05, 4.69) is 24.9 Å². The summed E-state index contributed by atoms with van der Waals surface area (Å²) in [4.78, 5) is 31.8. The highest BCUT2D eigenvalue weighted by molar-refractivity contribution is 5.89. The van der Waals surface area contributed by atoms with Crippen LogP contribution in [0.2, 0.25) is 0 Å². The lowest BCUT2D eigenvalue weighted by Crippen LogP contribution is -2.54. The Kier molecular flexibility index (Phi) is 10.3. The summed E-state index contributed by atoms with van der Waals surface area (Å²) in [5, 5.41) is 10.2. The van der Waals surface area contributed by atoms with Gasteiger partial charge in [-0.25, -0.2) is 4.98 Å². The van der Waals surface area contributed by atoms with Gasteiger partial charge in [-0.3, -0.25) is 9.59 Å². The molecule has 0 saturated heterocycles. The standard InChI is InChI=1S/C31H41N3O5/c1-6-7-8-12-27(35)34-17-15-22-13-14-24(19-25(22)29(34)28(30(36)37)31(4,5)32)38-18-16-23-20-39-26(33-23)11-9-10-21(2)3/h6-9,11-14,19-21,28-29H,10,15-18,32H2,1-5H3,(H,36,37). The molecule has 0 radical (unpaired) electrons. The average Bonchev–Trinajstić information content (AvgIpc) is 3.30. The number of carbonyl (C=O) groups is 2. The molecule has 1 amide bonds. The molecule has 210 valence electrons. The molecule has 0 fully saturated rings. The van der Waals surface area contributed by atoms with E-state index in [0.29, 0.717) is 43.6 Å². The monoisotopic (exact) mass is 535 g/mol. The minimum absolute atomic E-state index is 0.255. The van der Waals surface area contributed by atoms with Gasteiger partial charge in [0, 0.05) is 24.6 Å². The quantitative estimate of drug-likeness (QED) is 0.278. The Labute approximate surface area is 231 Å². The molecule has 3 N–H and O–H groups in total. The number of fused-ring (bicyclic) bond motifs is 1. The first-order chi connectivity index (χ1) is 18.5. The second kappa shape index (κ2) is 13.4. The number of amides is 1. The minimum Gasteiger partial charge on any atom is -0.493 e. The molecule has 2 heterocycles. The van der Waals surface area contributed by atoms with Crippen LogP contribution in [0.15, 0.2) is 59.3 Å². The first kappa shape index (κ1) is 29.9. The predicted octanol–water partition coefficient (Wildman–Crippen LogP) is 5.35. The highest BCUT2D eigenvalue weighted by Gasteiger charge is 2.45. The summed E-state index contributed by atoms with van der Waals surface area (Å²) in [7, 11) is 0. The molecule has 1 aliphatic heterocycles. The van der Waals surface area contributed by atoms with E-state index >= 15 is 0 Å². The summed E-state index contributed by atoms with van der Waals surface area (Å²) in [5.74, 6) is -0.595. The SMILES string of the molecule is CC=CC=CC(=O)N1CCc2ccc(OCCc3coc(C=CCC(C)C)n3)cc2C1C(C(=O)O)C(C)(C)N. The molecule has 2 aromatic rings. The third kappa shape index (κ3) is 8.17. The van der Waals surface area contributed by atoms with E-state index in [-0.39, 0.29) is 5.91 Å². The molecule has 39 heavy (non-hydrogen) atoms. The number of carboxylic acid groups (broad SMARTS) is 1. The molecule has 1 aromatic heterocycles. The summed E-state index contributed by atoms with van der Waals surface area (Å²) < 4.78 is 11.6. The molecule has 2 unspecified atom stereocenters. The van der Waals surface area contributed by atoms with Crippen molar-refractivity contribution in [1.29, 1.82) is 0 Å². The molecular formula is C31H41N3O5. The van der Waals surface area contributed by atoms with Gasteiger partial charge in [0.2, 0.25) is 11.8 Å². The van der Waals surface area contributed by atoms with Crippen LogP contribution >= 0.6 is 0 Å². The van der Waals surface area contributed by atoms with Gasteiger partial charge in [0.1, 0.15) is 12.0 Å². The van der Waals surface area contributed by atoms with Crippen LogP contribution < -0.4 is 10.5 Å². The lowest BCUT2D eigenvalue weighted by molar-refractivity contribution is -0.149. The van der Waals surface area contributed by atoms with Gasteiger partial charge in [-0.2, -0.15) is 0 Å². The molecule has 1 aromatic carbocycles. The van der Waals surface area contributed by atoms with Crippen LogP contribution in [0.1, 0.15) is 69.8 Å². The Balaban J connectivity index is 1.82. The molecule has 0 aliphatic carbocycles. The van der Waals surface area contributed by atoms with Crippen molar-refractivity contribution in [2.45, 2.75) is 65.5 Å². The maximum absolute atomic E-state index is 13.2. The Morgan fingerprint density at radius 1 is 1.31 bits per heavy atom. The highest BCUT2D eigenvalue weighted by atomic mass is 16.5. The number of aromatic nitrogens is 1. The van der Waals surface area contributed by atoms with Crippen LogP contribution in [0.4, 0.5) is 0 Å². The predicted molar refractivity (Wildman–Crippen MR) is 152 cm³/mol. The fourth-order valence-electron chi connectivity index (χ4n) is 4.75. The molecule has 2 atom stereocenters. The maximum Gasteiger partial charge on any atom is 0.310 e. The van der Waals surface area contributed by atoms with Crippen LogP contribution in [0.3, 0.4) is 0 Å². The topological polar surface area (TPSA) is 119 Å². The maximum atomic E-state index is 13.2. The Bertz CT molecular complexity index is 1220. The molecule has 8 heteroatoms. The van der Waals surface area contributed by atoms with E-state index in [0.717, 1.165) is 23.2 Å². The summed E-state index contributed by atoms with van der Waals surface area (Å²) in [5.41, 5.74) is 7.82. The Hall–Kier alpha value is -3.65. The molecular weight excluding hydrogens is 494 g/mol. The van der Waals surface area contributed by atoms with E-state index in [1.165, 1.54) is 6.08 Å². The van der Waals surface area contributed by atoms with E-state index in [1.807, 2.05) is 37.3 Å². The van der Waals surface area contributed by atoms with Crippen LogP contribution in [-0.4, -0.2) is 45.6 Å². The smallest absolute Gasteiger partial charge is 0.310 e. The first-order valence-corrected chi connectivity index (χ1v) is 13.5. The lowest BCUT2D eigenvalue weighted by Gasteiger charge is -2.44. The van der Waals surface area contributed by atoms with Gasteiger partial charge in [0.15, 0.2) is 0 Å². The average molecular weight is 536 g/mol. The van der Waals surface area contributed by atoms with E-state index in [4.69, 9.17) is 14.9 Å². The summed E-state index contributed by atoms with van der Waals surface area (Å²) >= 11 is 0. The number of rotatable bonds is 12. The fraction of sp³-hybridized carbons (Fsp3) is 0.452. The van der Waals surface area contributed by atoms with Crippen molar-refractivity contribution in [1.82, 2.24) is 9.88 Å². The van der Waals surface area contributed by atoms with Gasteiger partial charge < -0.3 is 24.9 Å². The molecule has 0 saturated carbocycles. The second-order valence-corrected chi connectivity index (χ2v) is 10.9. The van der Waals surface area contributed by atoms with Crippen molar-refractivity contribution in [3.05, 3.63) is 77.6 Å². The van der Waals surface area contributed by atoms with Crippen LogP contribution in [-0.2, 0) is 22.4 Å². The Morgan fingerprint density at radius 3 is 2.74 bits per heavy atom. The number of nitrogens with two attached hydrogens (primary N) is 1. The molecule has 8 nitrogen and oxygen atoms in total. The van der Waals surface area contributed by atoms with Gasteiger partial charge in [0.05, 0.1) is 24.3 Å². The van der Waals surface area contributed by atoms with Gasteiger partial charge >= 0.3 is 5.97 Å². The van der Waals surface area contributed by atoms with Gasteiger partial charge in [-0.1, -0.05) is 44.2 Å². The second-order valence-electron chi connectivity index (χ2n) is 10.9. The van der Waals surface area contributed by atoms with Crippen molar-refractivity contribution >= 4 is 18.0 Å². The number of aliphatic carboxylic acids is 1. The fourth-order valence-corrected chi connectivity index (χ4v) is 4.75. The van der Waals surface area contributed by atoms with Crippen LogP contribution in [0, 0.1) is 11.8 Å². The van der Waals surface area contributed by atoms with E-state index in [1.54, 1.807) is 37.2 Å². The van der Waals surface area contributed by atoms with E-state index < -0.39 is 23.5 Å². The number of carbonyl (C=O) groups excluding carboxylic acids is 1. The van der Waals surface area contributed by atoms with Crippen molar-refractivity contribution in [3.63, 3.8) is 0 Å². The van der Waals surface area contributed by atoms with Crippen molar-refractivity contribution in [2.75, 3.05) is 13.2 Å². The van der Waals surface area contributed by atoms with Gasteiger partial charge in [-0.15, -0.1) is 0 Å². The number of hydrogen-bond acceptors (Lipinski definition) is 6. The zero-order chi connectivity index (χ0) is 28.6. The summed E-state index contributed by atoms with van der Waals surface area (Å²) in [6.45, 7) is 10.3. The lowest BCUT2D eigenvalue weighted by atomic mass is 9.75. The van der Waals surface area contributed by atoms with Crippen LogP contribution in [0.25, 0.3) is 6.08 Å². The zero-order valence-electron chi connectivity index (χ0n) is 23.6. The van der Waals surface area contributed by atoms with Crippen LogP contribution in [0.5, 0.6) is 5.75 Å². The third-order valence-electron chi connectivity index (χ3n) is 6.67. The van der Waals surface area contributed by atoms with Gasteiger partial charge in [-0.05, 0) is 68.9 Å². The van der Waals surface area contributed by atoms with Gasteiger partial charge in [0.25, 0.3) is 0 Å². The number of hydrogen-bond donors (Lipinski definition) is 2. The molecule has 0 bridgehead atoms. The normalized spacial score (nSPS) is 16.9. The first-order valence-electron chi connectivity index (χ1n) is 13.5. The minimum atomic E-state index is -1.08. The third-order valence-corrected chi connectivity index (χ3v) is 6.67.